The van der Waals surface area contributed by atoms with Crippen molar-refractivity contribution in [2.45, 2.75) is 6.92 Å². The van der Waals surface area contributed by atoms with Crippen molar-refractivity contribution in [2.24, 2.45) is 4.99 Å². The molecule has 0 amide bonds. The molecule has 0 saturated carbocycles. The standard InChI is InChI=1S/C21H17NO2/c1-16(14-18-10-6-3-7-11-18)15-19-21(23)24-20(22-19)13-12-17-8-4-2-5-9-17/h2-15H,1H3. The van der Waals surface area contributed by atoms with Gasteiger partial charge in [-0.3, -0.25) is 0 Å². The van der Waals surface area contributed by atoms with Gasteiger partial charge in [-0.15, -0.1) is 0 Å². The number of allylic oxidation sites excluding steroid dienone is 2. The number of hydrogen-bond acceptors (Lipinski definition) is 3. The lowest BCUT2D eigenvalue weighted by molar-refractivity contribution is -0.129. The molecule has 24 heavy (non-hydrogen) atoms. The second-order valence-electron chi connectivity index (χ2n) is 5.41. The molecular formula is C21H17NO2. The Morgan fingerprint density at radius 1 is 0.917 bits per heavy atom. The molecule has 3 heteroatoms. The van der Waals surface area contributed by atoms with Gasteiger partial charge >= 0.3 is 5.97 Å². The van der Waals surface area contributed by atoms with E-state index in [1.54, 1.807) is 12.2 Å². The van der Waals surface area contributed by atoms with Gasteiger partial charge in [-0.1, -0.05) is 66.7 Å². The molecule has 3 rings (SSSR count). The molecule has 0 unspecified atom stereocenters. The minimum Gasteiger partial charge on any atom is -0.403 e. The average Bonchev–Trinajstić information content (AvgIpc) is 2.94. The Kier molecular flexibility index (Phi) is 4.82. The smallest absolute Gasteiger partial charge is 0.363 e. The molecule has 2 aromatic carbocycles. The van der Waals surface area contributed by atoms with E-state index in [-0.39, 0.29) is 0 Å². The number of carbonyl (C=O) groups is 1. The van der Waals surface area contributed by atoms with E-state index in [4.69, 9.17) is 4.74 Å². The van der Waals surface area contributed by atoms with Crippen LogP contribution in [-0.2, 0) is 9.53 Å². The van der Waals surface area contributed by atoms with E-state index >= 15 is 0 Å². The first-order chi connectivity index (χ1) is 11.7. The summed E-state index contributed by atoms with van der Waals surface area (Å²) in [7, 11) is 0. The molecule has 0 atom stereocenters. The van der Waals surface area contributed by atoms with Gasteiger partial charge in [0.1, 0.15) is 0 Å². The lowest BCUT2D eigenvalue weighted by Crippen LogP contribution is -2.01. The van der Waals surface area contributed by atoms with Gasteiger partial charge in [0.25, 0.3) is 0 Å². The Hall–Kier alpha value is -3.20. The van der Waals surface area contributed by atoms with Gasteiger partial charge in [-0.25, -0.2) is 9.79 Å². The maximum Gasteiger partial charge on any atom is 0.363 e. The summed E-state index contributed by atoms with van der Waals surface area (Å²) in [5.74, 6) is -0.119. The van der Waals surface area contributed by atoms with Crippen LogP contribution in [0.15, 0.2) is 89.1 Å². The Bertz CT molecular complexity index is 844. The molecule has 0 aromatic heterocycles. The molecule has 3 nitrogen and oxygen atoms in total. The van der Waals surface area contributed by atoms with Gasteiger partial charge in [-0.05, 0) is 35.8 Å². The monoisotopic (exact) mass is 315 g/mol. The topological polar surface area (TPSA) is 38.7 Å². The highest BCUT2D eigenvalue weighted by Gasteiger charge is 2.20. The zero-order valence-electron chi connectivity index (χ0n) is 13.3. The zero-order valence-corrected chi connectivity index (χ0v) is 13.3. The molecule has 0 bridgehead atoms. The minimum absolute atomic E-state index is 0.308. The van der Waals surface area contributed by atoms with Gasteiger partial charge in [0.2, 0.25) is 5.90 Å². The van der Waals surface area contributed by atoms with Gasteiger partial charge in [-0.2, -0.15) is 0 Å². The van der Waals surface area contributed by atoms with Crippen molar-refractivity contribution in [1.82, 2.24) is 0 Å². The largest absolute Gasteiger partial charge is 0.403 e. The van der Waals surface area contributed by atoms with Gasteiger partial charge < -0.3 is 4.74 Å². The van der Waals surface area contributed by atoms with Gasteiger partial charge in [0.15, 0.2) is 5.70 Å². The summed E-state index contributed by atoms with van der Waals surface area (Å²) in [6.45, 7) is 1.93. The summed E-state index contributed by atoms with van der Waals surface area (Å²) in [5.41, 5.74) is 3.35. The van der Waals surface area contributed by atoms with E-state index in [0.717, 1.165) is 16.7 Å². The number of cyclic esters (lactones) is 1. The summed E-state index contributed by atoms with van der Waals surface area (Å²) in [4.78, 5) is 16.2. The number of rotatable bonds is 4. The molecule has 1 aliphatic heterocycles. The maximum atomic E-state index is 11.9. The summed E-state index contributed by atoms with van der Waals surface area (Å²) in [6, 6.07) is 19.7. The van der Waals surface area contributed by atoms with Crippen molar-refractivity contribution in [3.8, 4) is 0 Å². The highest BCUT2D eigenvalue weighted by Crippen LogP contribution is 2.16. The quantitative estimate of drug-likeness (QED) is 0.609. The Labute approximate surface area is 141 Å². The van der Waals surface area contributed by atoms with Gasteiger partial charge in [0.05, 0.1) is 0 Å². The van der Waals surface area contributed by atoms with Crippen LogP contribution >= 0.6 is 0 Å². The highest BCUT2D eigenvalue weighted by atomic mass is 16.6. The van der Waals surface area contributed by atoms with E-state index in [2.05, 4.69) is 4.99 Å². The highest BCUT2D eigenvalue weighted by molar-refractivity contribution is 6.10. The minimum atomic E-state index is -0.427. The number of benzene rings is 2. The van der Waals surface area contributed by atoms with Crippen LogP contribution in [0.4, 0.5) is 0 Å². The van der Waals surface area contributed by atoms with Crippen LogP contribution in [0.25, 0.3) is 12.2 Å². The fourth-order valence-electron chi connectivity index (χ4n) is 2.30. The molecule has 1 heterocycles. The summed E-state index contributed by atoms with van der Waals surface area (Å²) >= 11 is 0. The van der Waals surface area contributed by atoms with E-state index in [1.165, 1.54) is 0 Å². The van der Waals surface area contributed by atoms with Crippen molar-refractivity contribution in [3.63, 3.8) is 0 Å². The average molecular weight is 315 g/mol. The van der Waals surface area contributed by atoms with Crippen molar-refractivity contribution in [2.75, 3.05) is 0 Å². The molecule has 0 spiro atoms. The van der Waals surface area contributed by atoms with Crippen molar-refractivity contribution < 1.29 is 9.53 Å². The first kappa shape index (κ1) is 15.7. The lowest BCUT2D eigenvalue weighted by Gasteiger charge is -1.95. The van der Waals surface area contributed by atoms with Crippen molar-refractivity contribution in [1.29, 1.82) is 0 Å². The van der Waals surface area contributed by atoms with E-state index in [0.29, 0.717) is 11.6 Å². The summed E-state index contributed by atoms with van der Waals surface area (Å²) in [6.07, 6.45) is 7.29. The van der Waals surface area contributed by atoms with Crippen molar-refractivity contribution in [3.05, 3.63) is 95.2 Å². The molecule has 0 N–H and O–H groups in total. The molecule has 0 fully saturated rings. The number of hydrogen-bond donors (Lipinski definition) is 0. The maximum absolute atomic E-state index is 11.9. The Morgan fingerprint density at radius 3 is 2.21 bits per heavy atom. The number of ether oxygens (including phenoxy) is 1. The fourth-order valence-corrected chi connectivity index (χ4v) is 2.30. The van der Waals surface area contributed by atoms with Crippen LogP contribution in [0.1, 0.15) is 18.1 Å². The lowest BCUT2D eigenvalue weighted by atomic mass is 10.1. The molecule has 1 aliphatic rings. The van der Waals surface area contributed by atoms with Crippen LogP contribution in [0.2, 0.25) is 0 Å². The number of esters is 1. The summed E-state index contributed by atoms with van der Waals surface area (Å²) in [5, 5.41) is 0. The fraction of sp³-hybridized carbons (Fsp3) is 0.0476. The zero-order chi connectivity index (χ0) is 16.8. The van der Waals surface area contributed by atoms with Crippen molar-refractivity contribution >= 4 is 24.0 Å². The van der Waals surface area contributed by atoms with Crippen LogP contribution < -0.4 is 0 Å². The molecule has 0 saturated heterocycles. The SMILES string of the molecule is CC(=Cc1ccccc1)C=C1N=C(C=Cc2ccccc2)OC1=O. The molecule has 0 aliphatic carbocycles. The second-order valence-corrected chi connectivity index (χ2v) is 5.41. The predicted molar refractivity (Wildman–Crippen MR) is 97.2 cm³/mol. The van der Waals surface area contributed by atoms with Crippen LogP contribution in [0.3, 0.4) is 0 Å². The van der Waals surface area contributed by atoms with Crippen LogP contribution in [0, 0.1) is 0 Å². The number of carbonyl (C=O) groups excluding carboxylic acids is 1. The number of aliphatic imine (C=N–C) groups is 1. The van der Waals surface area contributed by atoms with E-state index in [9.17, 15) is 4.79 Å². The first-order valence-corrected chi connectivity index (χ1v) is 7.70. The third-order valence-electron chi connectivity index (χ3n) is 3.41. The Morgan fingerprint density at radius 2 is 1.54 bits per heavy atom. The summed E-state index contributed by atoms with van der Waals surface area (Å²) < 4.78 is 5.18. The normalized spacial score (nSPS) is 16.5. The van der Waals surface area contributed by atoms with Crippen LogP contribution in [0.5, 0.6) is 0 Å². The third kappa shape index (κ3) is 4.17. The Balaban J connectivity index is 1.76. The molecular weight excluding hydrogens is 298 g/mol. The number of nitrogens with zero attached hydrogens (tertiary/aromatic N) is 1. The van der Waals surface area contributed by atoms with Crippen LogP contribution in [-0.4, -0.2) is 11.9 Å². The van der Waals surface area contributed by atoms with Gasteiger partial charge in [0, 0.05) is 6.08 Å². The molecule has 118 valence electrons. The first-order valence-electron chi connectivity index (χ1n) is 7.70. The van der Waals surface area contributed by atoms with E-state index in [1.807, 2.05) is 79.7 Å². The predicted octanol–water partition coefficient (Wildman–Crippen LogP) is 4.64. The second kappa shape index (κ2) is 7.38. The molecule has 2 aromatic rings. The third-order valence-corrected chi connectivity index (χ3v) is 3.41. The van der Waals surface area contributed by atoms with E-state index < -0.39 is 5.97 Å². The molecule has 0 radical (unpaired) electrons.